The van der Waals surface area contributed by atoms with Gasteiger partial charge >= 0.3 is 5.97 Å². The van der Waals surface area contributed by atoms with E-state index in [1.807, 2.05) is 0 Å². The highest BCUT2D eigenvalue weighted by atomic mass is 16.4. The van der Waals surface area contributed by atoms with Gasteiger partial charge in [0.1, 0.15) is 0 Å². The molecule has 2 fully saturated rings. The SMILES string of the molecule is CCC1CCC(C(=O)O)C(N2CCCC2C)C1. The molecule has 0 aromatic carbocycles. The van der Waals surface area contributed by atoms with E-state index in [0.717, 1.165) is 31.7 Å². The minimum Gasteiger partial charge on any atom is -0.481 e. The highest BCUT2D eigenvalue weighted by Gasteiger charge is 2.40. The van der Waals surface area contributed by atoms with Gasteiger partial charge in [-0.05, 0) is 51.5 Å². The number of hydrogen-bond donors (Lipinski definition) is 1. The van der Waals surface area contributed by atoms with Crippen molar-refractivity contribution in [3.8, 4) is 0 Å². The molecular weight excluding hydrogens is 214 g/mol. The molecule has 0 radical (unpaired) electrons. The van der Waals surface area contributed by atoms with Crippen LogP contribution in [-0.4, -0.2) is 34.6 Å². The Kier molecular flexibility index (Phi) is 4.08. The molecule has 0 amide bonds. The molecule has 4 atom stereocenters. The molecule has 98 valence electrons. The summed E-state index contributed by atoms with van der Waals surface area (Å²) < 4.78 is 0. The van der Waals surface area contributed by atoms with Crippen LogP contribution in [0.2, 0.25) is 0 Å². The lowest BCUT2D eigenvalue weighted by Gasteiger charge is -2.41. The molecule has 1 aliphatic heterocycles. The van der Waals surface area contributed by atoms with Crippen LogP contribution in [0.3, 0.4) is 0 Å². The quantitative estimate of drug-likeness (QED) is 0.823. The Labute approximate surface area is 104 Å². The smallest absolute Gasteiger partial charge is 0.308 e. The van der Waals surface area contributed by atoms with Crippen molar-refractivity contribution in [2.75, 3.05) is 6.54 Å². The fraction of sp³-hybridized carbons (Fsp3) is 0.929. The Bertz CT molecular complexity index is 279. The third-order valence-corrected chi connectivity index (χ3v) is 4.85. The fourth-order valence-electron chi connectivity index (χ4n) is 3.70. The topological polar surface area (TPSA) is 40.5 Å². The van der Waals surface area contributed by atoms with E-state index in [1.54, 1.807) is 0 Å². The first-order chi connectivity index (χ1) is 8.13. The zero-order valence-corrected chi connectivity index (χ0v) is 11.1. The van der Waals surface area contributed by atoms with Crippen LogP contribution in [0.4, 0.5) is 0 Å². The maximum Gasteiger partial charge on any atom is 0.308 e. The van der Waals surface area contributed by atoms with Gasteiger partial charge in [-0.25, -0.2) is 0 Å². The van der Waals surface area contributed by atoms with Gasteiger partial charge in [0, 0.05) is 12.1 Å². The van der Waals surface area contributed by atoms with Crippen molar-refractivity contribution in [1.82, 2.24) is 4.90 Å². The van der Waals surface area contributed by atoms with Crippen LogP contribution in [-0.2, 0) is 4.79 Å². The largest absolute Gasteiger partial charge is 0.481 e. The summed E-state index contributed by atoms with van der Waals surface area (Å²) in [4.78, 5) is 13.9. The molecule has 2 aliphatic rings. The van der Waals surface area contributed by atoms with Crippen LogP contribution in [0.25, 0.3) is 0 Å². The van der Waals surface area contributed by atoms with Gasteiger partial charge in [-0.2, -0.15) is 0 Å². The molecule has 1 aliphatic carbocycles. The summed E-state index contributed by atoms with van der Waals surface area (Å²) in [5.74, 6) is 0.0328. The molecule has 2 rings (SSSR count). The second-order valence-electron chi connectivity index (χ2n) is 5.83. The lowest BCUT2D eigenvalue weighted by Crippen LogP contribution is -2.48. The van der Waals surface area contributed by atoms with Crippen LogP contribution >= 0.6 is 0 Å². The Morgan fingerprint density at radius 1 is 1.35 bits per heavy atom. The van der Waals surface area contributed by atoms with Gasteiger partial charge in [-0.3, -0.25) is 9.69 Å². The maximum atomic E-state index is 11.4. The number of carboxylic acid groups (broad SMARTS) is 1. The zero-order chi connectivity index (χ0) is 12.4. The summed E-state index contributed by atoms with van der Waals surface area (Å²) in [5, 5.41) is 9.39. The molecule has 0 bridgehead atoms. The summed E-state index contributed by atoms with van der Waals surface area (Å²) in [5.41, 5.74) is 0. The Morgan fingerprint density at radius 3 is 2.65 bits per heavy atom. The van der Waals surface area contributed by atoms with E-state index in [2.05, 4.69) is 18.7 Å². The van der Waals surface area contributed by atoms with E-state index in [4.69, 9.17) is 0 Å². The lowest BCUT2D eigenvalue weighted by molar-refractivity contribution is -0.146. The van der Waals surface area contributed by atoms with Gasteiger partial charge in [0.25, 0.3) is 0 Å². The van der Waals surface area contributed by atoms with Gasteiger partial charge < -0.3 is 5.11 Å². The molecule has 1 saturated heterocycles. The zero-order valence-electron chi connectivity index (χ0n) is 11.1. The lowest BCUT2D eigenvalue weighted by atomic mass is 9.76. The van der Waals surface area contributed by atoms with E-state index >= 15 is 0 Å². The first-order valence-corrected chi connectivity index (χ1v) is 7.12. The number of rotatable bonds is 3. The number of likely N-dealkylation sites (tertiary alicyclic amines) is 1. The minimum absolute atomic E-state index is 0.127. The molecule has 0 spiro atoms. The summed E-state index contributed by atoms with van der Waals surface area (Å²) in [6.45, 7) is 5.59. The Morgan fingerprint density at radius 2 is 2.12 bits per heavy atom. The Balaban J connectivity index is 2.09. The number of hydrogen-bond acceptors (Lipinski definition) is 2. The van der Waals surface area contributed by atoms with Crippen molar-refractivity contribution in [2.45, 2.75) is 64.5 Å². The normalized spacial score (nSPS) is 39.4. The molecule has 4 unspecified atom stereocenters. The van der Waals surface area contributed by atoms with Crippen molar-refractivity contribution in [1.29, 1.82) is 0 Å². The van der Waals surface area contributed by atoms with Gasteiger partial charge in [0.15, 0.2) is 0 Å². The summed E-state index contributed by atoms with van der Waals surface area (Å²) in [7, 11) is 0. The second kappa shape index (κ2) is 5.38. The van der Waals surface area contributed by atoms with E-state index in [1.165, 1.54) is 19.3 Å². The molecule has 1 heterocycles. The number of nitrogens with zero attached hydrogens (tertiary/aromatic N) is 1. The fourth-order valence-corrected chi connectivity index (χ4v) is 3.70. The molecule has 1 N–H and O–H groups in total. The van der Waals surface area contributed by atoms with Crippen molar-refractivity contribution >= 4 is 5.97 Å². The van der Waals surface area contributed by atoms with Gasteiger partial charge in [-0.15, -0.1) is 0 Å². The van der Waals surface area contributed by atoms with Crippen LogP contribution < -0.4 is 0 Å². The van der Waals surface area contributed by atoms with Crippen LogP contribution in [0.1, 0.15) is 52.4 Å². The molecular formula is C14H25NO2. The molecule has 0 aromatic rings. The van der Waals surface area contributed by atoms with Crippen LogP contribution in [0, 0.1) is 11.8 Å². The number of carbonyl (C=O) groups is 1. The average Bonchev–Trinajstić information content (AvgIpc) is 2.74. The second-order valence-corrected chi connectivity index (χ2v) is 5.83. The van der Waals surface area contributed by atoms with E-state index in [9.17, 15) is 9.90 Å². The Hall–Kier alpha value is -0.570. The maximum absolute atomic E-state index is 11.4. The van der Waals surface area contributed by atoms with E-state index in [0.29, 0.717) is 12.1 Å². The molecule has 1 saturated carbocycles. The summed E-state index contributed by atoms with van der Waals surface area (Å²) in [6, 6.07) is 0.876. The monoisotopic (exact) mass is 239 g/mol. The summed E-state index contributed by atoms with van der Waals surface area (Å²) in [6.07, 6.45) is 6.75. The van der Waals surface area contributed by atoms with Crippen molar-refractivity contribution < 1.29 is 9.90 Å². The van der Waals surface area contributed by atoms with Gasteiger partial charge in [0.2, 0.25) is 0 Å². The first-order valence-electron chi connectivity index (χ1n) is 7.12. The third kappa shape index (κ3) is 2.65. The molecule has 3 heteroatoms. The number of aliphatic carboxylic acids is 1. The van der Waals surface area contributed by atoms with Crippen molar-refractivity contribution in [3.63, 3.8) is 0 Å². The van der Waals surface area contributed by atoms with Crippen molar-refractivity contribution in [3.05, 3.63) is 0 Å². The third-order valence-electron chi connectivity index (χ3n) is 4.85. The predicted molar refractivity (Wildman–Crippen MR) is 67.9 cm³/mol. The van der Waals surface area contributed by atoms with Gasteiger partial charge in [-0.1, -0.05) is 13.3 Å². The summed E-state index contributed by atoms with van der Waals surface area (Å²) >= 11 is 0. The molecule has 0 aromatic heterocycles. The van der Waals surface area contributed by atoms with E-state index in [-0.39, 0.29) is 5.92 Å². The highest BCUT2D eigenvalue weighted by molar-refractivity contribution is 5.71. The van der Waals surface area contributed by atoms with Gasteiger partial charge in [0.05, 0.1) is 5.92 Å². The minimum atomic E-state index is -0.580. The van der Waals surface area contributed by atoms with Crippen LogP contribution in [0.15, 0.2) is 0 Å². The predicted octanol–water partition coefficient (Wildman–Crippen LogP) is 2.75. The first kappa shape index (κ1) is 12.9. The molecule has 17 heavy (non-hydrogen) atoms. The highest BCUT2D eigenvalue weighted by Crippen LogP contribution is 2.37. The van der Waals surface area contributed by atoms with E-state index < -0.39 is 5.97 Å². The molecule has 3 nitrogen and oxygen atoms in total. The van der Waals surface area contributed by atoms with Crippen molar-refractivity contribution in [2.24, 2.45) is 11.8 Å². The van der Waals surface area contributed by atoms with Crippen LogP contribution in [0.5, 0.6) is 0 Å². The average molecular weight is 239 g/mol. The standard InChI is InChI=1S/C14H25NO2/c1-3-11-6-7-12(14(16)17)13(9-11)15-8-4-5-10(15)2/h10-13H,3-9H2,1-2H3,(H,16,17). The number of carboxylic acids is 1.